The first kappa shape index (κ1) is 14.8. The molecule has 0 aliphatic rings. The van der Waals surface area contributed by atoms with Gasteiger partial charge in [-0.1, -0.05) is 15.9 Å². The minimum atomic E-state index is -0.513. The van der Waals surface area contributed by atoms with Crippen LogP contribution in [-0.4, -0.2) is 10.9 Å². The van der Waals surface area contributed by atoms with Crippen LogP contribution in [0, 0.1) is 6.92 Å². The number of carbonyl (C=O) groups is 1. The van der Waals surface area contributed by atoms with Crippen molar-refractivity contribution in [2.75, 3.05) is 11.1 Å². The summed E-state index contributed by atoms with van der Waals surface area (Å²) < 4.78 is 1.41. The van der Waals surface area contributed by atoms with Crippen molar-refractivity contribution in [1.29, 1.82) is 0 Å². The van der Waals surface area contributed by atoms with Gasteiger partial charge in [0.1, 0.15) is 5.56 Å². The fraction of sp³-hybridized carbons (Fsp3) is 0.0769. The first-order chi connectivity index (χ1) is 9.38. The van der Waals surface area contributed by atoms with Crippen LogP contribution in [-0.2, 0) is 0 Å². The first-order valence-corrected chi connectivity index (χ1v) is 7.22. The van der Waals surface area contributed by atoms with Gasteiger partial charge in [-0.2, -0.15) is 0 Å². The summed E-state index contributed by atoms with van der Waals surface area (Å²) in [4.78, 5) is 26.7. The molecule has 1 heterocycles. The van der Waals surface area contributed by atoms with Gasteiger partial charge in [0, 0.05) is 26.9 Å². The molecule has 20 heavy (non-hydrogen) atoms. The molecule has 0 aliphatic carbocycles. The Labute approximate surface area is 131 Å². The molecule has 1 aromatic carbocycles. The highest BCUT2D eigenvalue weighted by molar-refractivity contribution is 9.11. The normalized spacial score (nSPS) is 10.3. The molecule has 0 spiro atoms. The maximum atomic E-state index is 12.1. The lowest BCUT2D eigenvalue weighted by Crippen LogP contribution is -2.22. The van der Waals surface area contributed by atoms with Crippen LogP contribution in [0.25, 0.3) is 0 Å². The number of aryl methyl sites for hydroxylation is 1. The number of nitrogens with one attached hydrogen (secondary N) is 2. The SMILES string of the molecule is Cc1cc(=O)c(C(=O)Nc2c(N)cc(Br)cc2Br)c[nH]1. The Morgan fingerprint density at radius 2 is 2.00 bits per heavy atom. The molecule has 0 aliphatic heterocycles. The van der Waals surface area contributed by atoms with E-state index in [9.17, 15) is 9.59 Å². The molecule has 0 saturated carbocycles. The number of carbonyl (C=O) groups excluding carboxylic acids is 1. The van der Waals surface area contributed by atoms with Gasteiger partial charge in [-0.15, -0.1) is 0 Å². The maximum absolute atomic E-state index is 12.1. The highest BCUT2D eigenvalue weighted by Crippen LogP contribution is 2.32. The highest BCUT2D eigenvalue weighted by atomic mass is 79.9. The van der Waals surface area contributed by atoms with Gasteiger partial charge >= 0.3 is 0 Å². The standard InChI is InChI=1S/C13H11Br2N3O2/c1-6-2-11(19)8(5-17-6)13(20)18-12-9(15)3-7(14)4-10(12)16/h2-5H,16H2,1H3,(H,17,19)(H,18,20). The molecular weight excluding hydrogens is 390 g/mol. The molecule has 0 bridgehead atoms. The van der Waals surface area contributed by atoms with Crippen LogP contribution in [0.2, 0.25) is 0 Å². The molecule has 0 unspecified atom stereocenters. The van der Waals surface area contributed by atoms with Crippen molar-refractivity contribution >= 4 is 49.1 Å². The van der Waals surface area contributed by atoms with Crippen LogP contribution in [0.1, 0.15) is 16.1 Å². The summed E-state index contributed by atoms with van der Waals surface area (Å²) >= 11 is 6.62. The summed E-state index contributed by atoms with van der Waals surface area (Å²) in [5, 5.41) is 2.63. The lowest BCUT2D eigenvalue weighted by molar-refractivity contribution is 0.102. The van der Waals surface area contributed by atoms with E-state index in [1.54, 1.807) is 19.1 Å². The van der Waals surface area contributed by atoms with Crippen LogP contribution in [0.3, 0.4) is 0 Å². The molecule has 2 aromatic rings. The topological polar surface area (TPSA) is 88.0 Å². The fourth-order valence-corrected chi connectivity index (χ4v) is 3.01. The molecule has 0 radical (unpaired) electrons. The molecule has 4 N–H and O–H groups in total. The molecule has 0 saturated heterocycles. The molecule has 0 fully saturated rings. The number of hydrogen-bond donors (Lipinski definition) is 3. The van der Waals surface area contributed by atoms with Crippen molar-refractivity contribution in [3.05, 3.63) is 54.8 Å². The minimum Gasteiger partial charge on any atom is -0.397 e. The van der Waals surface area contributed by atoms with Gasteiger partial charge in [0.15, 0.2) is 5.43 Å². The van der Waals surface area contributed by atoms with E-state index in [1.165, 1.54) is 12.3 Å². The molecule has 7 heteroatoms. The van der Waals surface area contributed by atoms with Crippen LogP contribution in [0.15, 0.2) is 38.1 Å². The Hall–Kier alpha value is -1.60. The summed E-state index contributed by atoms with van der Waals surface area (Å²) in [6.07, 6.45) is 1.38. The number of aromatic amines is 1. The summed E-state index contributed by atoms with van der Waals surface area (Å²) in [6.45, 7) is 1.74. The number of aromatic nitrogens is 1. The number of nitrogens with two attached hydrogens (primary N) is 1. The Morgan fingerprint density at radius 1 is 1.30 bits per heavy atom. The van der Waals surface area contributed by atoms with E-state index in [4.69, 9.17) is 5.73 Å². The van der Waals surface area contributed by atoms with Crippen molar-refractivity contribution in [2.45, 2.75) is 6.92 Å². The van der Waals surface area contributed by atoms with Crippen LogP contribution < -0.4 is 16.5 Å². The lowest BCUT2D eigenvalue weighted by atomic mass is 10.2. The predicted molar refractivity (Wildman–Crippen MR) is 86.0 cm³/mol. The number of benzene rings is 1. The zero-order chi connectivity index (χ0) is 14.9. The van der Waals surface area contributed by atoms with E-state index < -0.39 is 5.91 Å². The van der Waals surface area contributed by atoms with E-state index in [1.807, 2.05) is 0 Å². The number of rotatable bonds is 2. The Kier molecular flexibility index (Phi) is 4.29. The monoisotopic (exact) mass is 399 g/mol. The molecule has 0 atom stereocenters. The van der Waals surface area contributed by atoms with Crippen molar-refractivity contribution in [3.63, 3.8) is 0 Å². The number of pyridine rings is 1. The number of H-pyrrole nitrogens is 1. The Balaban J connectivity index is 2.35. The van der Waals surface area contributed by atoms with Crippen LogP contribution in [0.5, 0.6) is 0 Å². The summed E-state index contributed by atoms with van der Waals surface area (Å²) in [5.41, 5.74) is 7.05. The van der Waals surface area contributed by atoms with Gasteiger partial charge in [-0.3, -0.25) is 9.59 Å². The van der Waals surface area contributed by atoms with E-state index >= 15 is 0 Å². The van der Waals surface area contributed by atoms with E-state index in [0.29, 0.717) is 21.5 Å². The predicted octanol–water partition coefficient (Wildman–Crippen LogP) is 3.04. The third-order valence-corrected chi connectivity index (χ3v) is 3.71. The molecule has 104 valence electrons. The van der Waals surface area contributed by atoms with E-state index in [-0.39, 0.29) is 11.0 Å². The number of anilines is 2. The molecule has 2 rings (SSSR count). The second-order valence-corrected chi connectivity index (χ2v) is 5.97. The Morgan fingerprint density at radius 3 is 2.60 bits per heavy atom. The highest BCUT2D eigenvalue weighted by Gasteiger charge is 2.14. The number of halogens is 2. The van der Waals surface area contributed by atoms with Crippen molar-refractivity contribution in [1.82, 2.24) is 4.98 Å². The zero-order valence-electron chi connectivity index (χ0n) is 10.5. The number of amides is 1. The second-order valence-electron chi connectivity index (χ2n) is 4.20. The number of nitrogen functional groups attached to an aromatic ring is 1. The van der Waals surface area contributed by atoms with Crippen molar-refractivity contribution < 1.29 is 4.79 Å². The minimum absolute atomic E-state index is 0.0322. The lowest BCUT2D eigenvalue weighted by Gasteiger charge is -2.11. The molecular formula is C13H11Br2N3O2. The molecule has 1 aromatic heterocycles. The number of hydrogen-bond acceptors (Lipinski definition) is 3. The van der Waals surface area contributed by atoms with Crippen LogP contribution in [0.4, 0.5) is 11.4 Å². The van der Waals surface area contributed by atoms with Crippen LogP contribution >= 0.6 is 31.9 Å². The quantitative estimate of drug-likeness (QED) is 0.677. The van der Waals surface area contributed by atoms with Gasteiger partial charge < -0.3 is 16.0 Å². The third kappa shape index (κ3) is 3.10. The summed E-state index contributed by atoms with van der Waals surface area (Å²) in [7, 11) is 0. The first-order valence-electron chi connectivity index (χ1n) is 5.63. The zero-order valence-corrected chi connectivity index (χ0v) is 13.6. The van der Waals surface area contributed by atoms with Gasteiger partial charge in [-0.25, -0.2) is 0 Å². The average molecular weight is 401 g/mol. The largest absolute Gasteiger partial charge is 0.397 e. The van der Waals surface area contributed by atoms with Gasteiger partial charge in [0.2, 0.25) is 0 Å². The van der Waals surface area contributed by atoms with Crippen molar-refractivity contribution in [2.24, 2.45) is 0 Å². The van der Waals surface area contributed by atoms with Gasteiger partial charge in [0.25, 0.3) is 5.91 Å². The van der Waals surface area contributed by atoms with E-state index in [2.05, 4.69) is 42.2 Å². The van der Waals surface area contributed by atoms with Gasteiger partial charge in [0.05, 0.1) is 11.4 Å². The summed E-state index contributed by atoms with van der Waals surface area (Å²) in [6, 6.07) is 4.79. The maximum Gasteiger partial charge on any atom is 0.261 e. The van der Waals surface area contributed by atoms with E-state index in [0.717, 1.165) is 4.47 Å². The third-order valence-electron chi connectivity index (χ3n) is 2.63. The second kappa shape index (κ2) is 5.80. The average Bonchev–Trinajstić information content (AvgIpc) is 2.33. The molecule has 5 nitrogen and oxygen atoms in total. The Bertz CT molecular complexity index is 718. The smallest absolute Gasteiger partial charge is 0.261 e. The summed E-state index contributed by atoms with van der Waals surface area (Å²) in [5.74, 6) is -0.513. The van der Waals surface area contributed by atoms with Gasteiger partial charge in [-0.05, 0) is 35.0 Å². The molecule has 1 amide bonds. The van der Waals surface area contributed by atoms with Crippen molar-refractivity contribution in [3.8, 4) is 0 Å². The fourth-order valence-electron chi connectivity index (χ4n) is 1.66.